The summed E-state index contributed by atoms with van der Waals surface area (Å²) >= 11 is 1.74. The van der Waals surface area contributed by atoms with Crippen LogP contribution >= 0.6 is 35.3 Å². The van der Waals surface area contributed by atoms with E-state index in [0.717, 1.165) is 43.5 Å². The van der Waals surface area contributed by atoms with Crippen molar-refractivity contribution in [2.24, 2.45) is 4.99 Å². The minimum atomic E-state index is 0. The lowest BCUT2D eigenvalue weighted by Gasteiger charge is -2.14. The molecule has 2 rings (SSSR count). The third-order valence-electron chi connectivity index (χ3n) is 3.77. The van der Waals surface area contributed by atoms with Gasteiger partial charge in [-0.25, -0.2) is 4.98 Å². The van der Waals surface area contributed by atoms with Crippen molar-refractivity contribution in [3.63, 3.8) is 0 Å². The lowest BCUT2D eigenvalue weighted by molar-refractivity contribution is 0.0646. The van der Waals surface area contributed by atoms with Crippen LogP contribution in [0.1, 0.15) is 34.9 Å². The molecule has 5 nitrogen and oxygen atoms in total. The Morgan fingerprint density at radius 1 is 1.23 bits per heavy atom. The van der Waals surface area contributed by atoms with Crippen LogP contribution in [-0.4, -0.2) is 37.7 Å². The van der Waals surface area contributed by atoms with E-state index in [1.54, 1.807) is 18.4 Å². The van der Waals surface area contributed by atoms with Crippen molar-refractivity contribution < 1.29 is 4.74 Å². The topological polar surface area (TPSA) is 58.5 Å². The number of rotatable bonds is 9. The molecule has 0 aliphatic rings. The Labute approximate surface area is 177 Å². The first kappa shape index (κ1) is 22.9. The van der Waals surface area contributed by atoms with Crippen molar-refractivity contribution in [2.75, 3.05) is 26.7 Å². The minimum absolute atomic E-state index is 0. The fourth-order valence-electron chi connectivity index (χ4n) is 2.38. The van der Waals surface area contributed by atoms with E-state index in [0.29, 0.717) is 0 Å². The highest BCUT2D eigenvalue weighted by molar-refractivity contribution is 14.0. The molecule has 0 saturated heterocycles. The molecule has 0 saturated carbocycles. The summed E-state index contributed by atoms with van der Waals surface area (Å²) in [6.07, 6.45) is 3.89. The Kier molecular flexibility index (Phi) is 11.5. The zero-order valence-corrected chi connectivity index (χ0v) is 18.8. The first-order valence-electron chi connectivity index (χ1n) is 8.71. The van der Waals surface area contributed by atoms with Crippen molar-refractivity contribution in [2.45, 2.75) is 32.8 Å². The van der Waals surface area contributed by atoms with E-state index < -0.39 is 0 Å². The van der Waals surface area contributed by atoms with Crippen molar-refractivity contribution in [3.8, 4) is 0 Å². The van der Waals surface area contributed by atoms with E-state index >= 15 is 0 Å². The third-order valence-corrected chi connectivity index (χ3v) is 4.75. The van der Waals surface area contributed by atoms with Gasteiger partial charge in [-0.15, -0.1) is 35.3 Å². The average molecular weight is 488 g/mol. The smallest absolute Gasteiger partial charge is 0.190 e. The third kappa shape index (κ3) is 8.46. The quantitative estimate of drug-likeness (QED) is 0.243. The summed E-state index contributed by atoms with van der Waals surface area (Å²) in [5.74, 6) is 0.824. The van der Waals surface area contributed by atoms with Gasteiger partial charge >= 0.3 is 0 Å². The zero-order chi connectivity index (χ0) is 17.9. The molecule has 0 bridgehead atoms. The second kappa shape index (κ2) is 13.1. The predicted molar refractivity (Wildman–Crippen MR) is 121 cm³/mol. The summed E-state index contributed by atoms with van der Waals surface area (Å²) in [6, 6.07) is 10.3. The van der Waals surface area contributed by atoms with Gasteiger partial charge in [-0.3, -0.25) is 4.99 Å². The van der Waals surface area contributed by atoms with Crippen LogP contribution in [-0.2, 0) is 11.2 Å². The standard InChI is InChI=1S/C19H28N4OS.HI/c1-15-14-23-18(25-15)10-12-22-19(20-3)21-11-7-13-24-16(2)17-8-5-4-6-9-17;/h4-6,8-9,14,16H,7,10-13H2,1-3H3,(H2,20,21,22);1H. The number of nitrogens with zero attached hydrogens (tertiary/aromatic N) is 2. The molecule has 1 aromatic heterocycles. The highest BCUT2D eigenvalue weighted by Crippen LogP contribution is 2.15. The number of halogens is 1. The number of hydrogen-bond donors (Lipinski definition) is 2. The van der Waals surface area contributed by atoms with E-state index in [1.165, 1.54) is 10.4 Å². The first-order valence-corrected chi connectivity index (χ1v) is 9.53. The molecule has 1 heterocycles. The SMILES string of the molecule is CN=C(NCCCOC(C)c1ccccc1)NCCc1ncc(C)s1.I. The van der Waals surface area contributed by atoms with Gasteiger partial charge in [0, 0.05) is 44.2 Å². The Balaban J connectivity index is 0.00000338. The molecule has 1 aromatic carbocycles. The van der Waals surface area contributed by atoms with Crippen LogP contribution in [0.3, 0.4) is 0 Å². The number of nitrogens with one attached hydrogen (secondary N) is 2. The van der Waals surface area contributed by atoms with E-state index in [4.69, 9.17) is 4.74 Å². The maximum absolute atomic E-state index is 5.88. The summed E-state index contributed by atoms with van der Waals surface area (Å²) in [5, 5.41) is 7.79. The lowest BCUT2D eigenvalue weighted by Crippen LogP contribution is -2.39. The summed E-state index contributed by atoms with van der Waals surface area (Å²) < 4.78 is 5.88. The zero-order valence-electron chi connectivity index (χ0n) is 15.7. The molecule has 0 spiro atoms. The van der Waals surface area contributed by atoms with Crippen molar-refractivity contribution >= 4 is 41.3 Å². The van der Waals surface area contributed by atoms with Gasteiger partial charge in [-0.2, -0.15) is 0 Å². The van der Waals surface area contributed by atoms with Crippen molar-refractivity contribution in [3.05, 3.63) is 52.0 Å². The maximum Gasteiger partial charge on any atom is 0.190 e. The molecule has 7 heteroatoms. The van der Waals surface area contributed by atoms with E-state index in [-0.39, 0.29) is 30.1 Å². The molecule has 144 valence electrons. The molecule has 0 amide bonds. The monoisotopic (exact) mass is 488 g/mol. The Bertz CT molecular complexity index is 648. The summed E-state index contributed by atoms with van der Waals surface area (Å²) in [6.45, 7) is 6.55. The van der Waals surface area contributed by atoms with Crippen LogP contribution in [0.15, 0.2) is 41.5 Å². The fraction of sp³-hybridized carbons (Fsp3) is 0.474. The van der Waals surface area contributed by atoms with Crippen LogP contribution in [0, 0.1) is 6.92 Å². The van der Waals surface area contributed by atoms with Gasteiger partial charge < -0.3 is 15.4 Å². The average Bonchev–Trinajstić information content (AvgIpc) is 3.05. The fourth-order valence-corrected chi connectivity index (χ4v) is 3.17. The van der Waals surface area contributed by atoms with Gasteiger partial charge in [0.15, 0.2) is 5.96 Å². The van der Waals surface area contributed by atoms with E-state index in [1.807, 2.05) is 24.4 Å². The summed E-state index contributed by atoms with van der Waals surface area (Å²) in [4.78, 5) is 9.86. The molecule has 1 unspecified atom stereocenters. The number of ether oxygens (including phenoxy) is 1. The number of benzene rings is 1. The Morgan fingerprint density at radius 2 is 1.96 bits per heavy atom. The molecule has 0 aliphatic carbocycles. The van der Waals surface area contributed by atoms with Crippen LogP contribution in [0.4, 0.5) is 0 Å². The normalized spacial score (nSPS) is 12.3. The lowest BCUT2D eigenvalue weighted by atomic mass is 10.1. The van der Waals surface area contributed by atoms with Gasteiger partial charge in [0.1, 0.15) is 0 Å². The van der Waals surface area contributed by atoms with Crippen molar-refractivity contribution in [1.29, 1.82) is 0 Å². The van der Waals surface area contributed by atoms with Gasteiger partial charge in [-0.1, -0.05) is 30.3 Å². The van der Waals surface area contributed by atoms with E-state index in [2.05, 4.69) is 46.6 Å². The van der Waals surface area contributed by atoms with Crippen LogP contribution < -0.4 is 10.6 Å². The number of aromatic nitrogens is 1. The maximum atomic E-state index is 5.88. The number of aryl methyl sites for hydroxylation is 1. The summed E-state index contributed by atoms with van der Waals surface area (Å²) in [5.41, 5.74) is 1.21. The second-order valence-electron chi connectivity index (χ2n) is 5.82. The number of aliphatic imine (C=N–C) groups is 1. The minimum Gasteiger partial charge on any atom is -0.374 e. The molecule has 0 aliphatic heterocycles. The van der Waals surface area contributed by atoms with Crippen molar-refractivity contribution in [1.82, 2.24) is 15.6 Å². The van der Waals surface area contributed by atoms with Crippen LogP contribution in [0.2, 0.25) is 0 Å². The highest BCUT2D eigenvalue weighted by Gasteiger charge is 2.04. The molecule has 0 radical (unpaired) electrons. The van der Waals surface area contributed by atoms with Crippen LogP contribution in [0.25, 0.3) is 0 Å². The van der Waals surface area contributed by atoms with Gasteiger partial charge in [0.05, 0.1) is 11.1 Å². The Hall–Kier alpha value is -1.19. The molecular formula is C19H29IN4OS. The first-order chi connectivity index (χ1) is 12.2. The second-order valence-corrected chi connectivity index (χ2v) is 7.14. The van der Waals surface area contributed by atoms with Gasteiger partial charge in [0.2, 0.25) is 0 Å². The van der Waals surface area contributed by atoms with Gasteiger partial charge in [-0.05, 0) is 25.8 Å². The molecule has 1 atom stereocenters. The Morgan fingerprint density at radius 3 is 2.62 bits per heavy atom. The summed E-state index contributed by atoms with van der Waals surface area (Å²) in [7, 11) is 1.79. The number of thiazole rings is 1. The van der Waals surface area contributed by atoms with Gasteiger partial charge in [0.25, 0.3) is 0 Å². The molecule has 26 heavy (non-hydrogen) atoms. The highest BCUT2D eigenvalue weighted by atomic mass is 127. The molecule has 2 N–H and O–H groups in total. The predicted octanol–water partition coefficient (Wildman–Crippen LogP) is 3.94. The number of guanidine groups is 1. The molecule has 2 aromatic rings. The largest absolute Gasteiger partial charge is 0.374 e. The molecular weight excluding hydrogens is 459 g/mol. The molecule has 0 fully saturated rings. The number of hydrogen-bond acceptors (Lipinski definition) is 4. The van der Waals surface area contributed by atoms with E-state index in [9.17, 15) is 0 Å². The van der Waals surface area contributed by atoms with Crippen LogP contribution in [0.5, 0.6) is 0 Å².